The fraction of sp³-hybridized carbons (Fsp3) is 0.577. The summed E-state index contributed by atoms with van der Waals surface area (Å²) < 4.78 is 8.71. The van der Waals surface area contributed by atoms with E-state index in [4.69, 9.17) is 9.47 Å². The second-order valence-electron chi connectivity index (χ2n) is 10.1. The molecule has 2 N–H and O–H groups in total. The number of ether oxygens (including phenoxy) is 2. The molecule has 1 aliphatic rings. The number of carbonyl (C=O) groups is 5. The number of carbonyl (C=O) groups excluding carboxylic acids is 5. The third kappa shape index (κ3) is 7.09. The van der Waals surface area contributed by atoms with E-state index in [0.717, 1.165) is 17.3 Å². The molecular formula is C26H36N2O7S. The smallest absolute Gasteiger partial charge is 0.408 e. The van der Waals surface area contributed by atoms with Crippen molar-refractivity contribution in [3.63, 3.8) is 0 Å². The van der Waals surface area contributed by atoms with Crippen molar-refractivity contribution >= 4 is 41.3 Å². The van der Waals surface area contributed by atoms with Crippen molar-refractivity contribution < 1.29 is 33.4 Å². The summed E-state index contributed by atoms with van der Waals surface area (Å²) in [6.45, 7) is 9.91. The lowest BCUT2D eigenvalue weighted by Crippen LogP contribution is -2.56. The lowest BCUT2D eigenvalue weighted by Gasteiger charge is -2.35. The Hall–Kier alpha value is -2.88. The van der Waals surface area contributed by atoms with E-state index in [1.165, 1.54) is 14.0 Å². The van der Waals surface area contributed by atoms with Crippen LogP contribution < -0.4 is 10.6 Å². The Morgan fingerprint density at radius 1 is 1.11 bits per heavy atom. The second-order valence-corrected chi connectivity index (χ2v) is 11.5. The van der Waals surface area contributed by atoms with Crippen molar-refractivity contribution in [2.75, 3.05) is 12.9 Å². The molecule has 0 spiro atoms. The van der Waals surface area contributed by atoms with E-state index in [2.05, 4.69) is 10.6 Å². The molecule has 0 radical (unpaired) electrons. The quantitative estimate of drug-likeness (QED) is 0.376. The molecule has 1 aromatic rings. The van der Waals surface area contributed by atoms with Crippen molar-refractivity contribution in [3.8, 4) is 0 Å². The monoisotopic (exact) mass is 520 g/mol. The fourth-order valence-corrected chi connectivity index (χ4v) is 5.29. The van der Waals surface area contributed by atoms with Crippen molar-refractivity contribution in [3.05, 3.63) is 35.4 Å². The van der Waals surface area contributed by atoms with Crippen molar-refractivity contribution in [1.82, 2.24) is 10.6 Å². The van der Waals surface area contributed by atoms with E-state index >= 15 is 0 Å². The summed E-state index contributed by atoms with van der Waals surface area (Å²) in [4.78, 5) is 64.2. The molecule has 3 atom stereocenters. The maximum atomic E-state index is 13.5. The van der Waals surface area contributed by atoms with E-state index in [1.54, 1.807) is 46.8 Å². The molecule has 198 valence electrons. The summed E-state index contributed by atoms with van der Waals surface area (Å²) in [7, 11) is 1.22. The molecule has 0 heterocycles. The van der Waals surface area contributed by atoms with Crippen LogP contribution in [0.5, 0.6) is 0 Å². The summed E-state index contributed by atoms with van der Waals surface area (Å²) in [6, 6.07) is 5.02. The molecule has 1 unspecified atom stereocenters. The molecule has 0 aromatic heterocycles. The van der Waals surface area contributed by atoms with Crippen LogP contribution in [0.15, 0.2) is 24.3 Å². The lowest BCUT2D eigenvalue weighted by molar-refractivity contribution is -0.146. The molecule has 0 bridgehead atoms. The maximum Gasteiger partial charge on any atom is 0.408 e. The van der Waals surface area contributed by atoms with E-state index in [9.17, 15) is 24.0 Å². The topological polar surface area (TPSA) is 128 Å². The lowest BCUT2D eigenvalue weighted by atomic mass is 9.80. The number of aryl methyl sites for hydroxylation is 1. The molecule has 36 heavy (non-hydrogen) atoms. The minimum atomic E-state index is -1.39. The van der Waals surface area contributed by atoms with Gasteiger partial charge in [0, 0.05) is 11.3 Å². The number of hydrogen-bond donors (Lipinski definition) is 2. The third-order valence-electron chi connectivity index (χ3n) is 5.87. The molecule has 0 saturated heterocycles. The van der Waals surface area contributed by atoms with Crippen LogP contribution in [-0.2, 0) is 30.3 Å². The first kappa shape index (κ1) is 29.4. The van der Waals surface area contributed by atoms with Gasteiger partial charge < -0.3 is 20.1 Å². The zero-order valence-electron chi connectivity index (χ0n) is 21.9. The van der Waals surface area contributed by atoms with Gasteiger partial charge in [-0.15, -0.1) is 11.8 Å². The normalized spacial score (nSPS) is 19.1. The Balaban J connectivity index is 2.32. The summed E-state index contributed by atoms with van der Waals surface area (Å²) in [6.07, 6.45) is -0.0251. The fourth-order valence-electron chi connectivity index (χ4n) is 3.91. The predicted octanol–water partition coefficient (Wildman–Crippen LogP) is 3.08. The van der Waals surface area contributed by atoms with Gasteiger partial charge in [0.1, 0.15) is 22.4 Å². The number of alkyl carbamates (subject to hydrolysis) is 1. The number of ketones is 2. The van der Waals surface area contributed by atoms with Gasteiger partial charge in [0.25, 0.3) is 0 Å². The number of hydrogen-bond acceptors (Lipinski definition) is 8. The second kappa shape index (κ2) is 11.9. The number of amides is 2. The van der Waals surface area contributed by atoms with E-state index in [0.29, 0.717) is 12.0 Å². The van der Waals surface area contributed by atoms with Gasteiger partial charge >= 0.3 is 12.1 Å². The van der Waals surface area contributed by atoms with Gasteiger partial charge in [-0.2, -0.15) is 0 Å². The maximum absolute atomic E-state index is 13.5. The molecule has 9 nitrogen and oxygen atoms in total. The van der Waals surface area contributed by atoms with E-state index in [-0.39, 0.29) is 29.7 Å². The van der Waals surface area contributed by atoms with Crippen LogP contribution in [0.3, 0.4) is 0 Å². The van der Waals surface area contributed by atoms with Gasteiger partial charge in [0.05, 0.1) is 7.11 Å². The Morgan fingerprint density at radius 2 is 1.75 bits per heavy atom. The Morgan fingerprint density at radius 3 is 2.31 bits per heavy atom. The van der Waals surface area contributed by atoms with Crippen LogP contribution in [0.4, 0.5) is 4.79 Å². The van der Waals surface area contributed by atoms with Gasteiger partial charge in [-0.05, 0) is 52.0 Å². The van der Waals surface area contributed by atoms with Gasteiger partial charge in [0.2, 0.25) is 5.91 Å². The first-order chi connectivity index (χ1) is 16.7. The third-order valence-corrected chi connectivity index (χ3v) is 7.54. The first-order valence-electron chi connectivity index (χ1n) is 11.9. The SMILES string of the molecule is COC(=O)[C@@H](NC(=O)[C@H](CSC1(C(C)=O)CCc2ccccc2C1=O)NC(=O)OC(C)(C)C)C(C)C. The number of thioether (sulfide) groups is 1. The van der Waals surface area contributed by atoms with Crippen LogP contribution >= 0.6 is 11.8 Å². The Kier molecular flexibility index (Phi) is 9.70. The molecule has 1 aromatic carbocycles. The molecule has 0 saturated carbocycles. The molecule has 0 fully saturated rings. The highest BCUT2D eigenvalue weighted by Gasteiger charge is 2.48. The number of nitrogens with one attached hydrogen (secondary N) is 2. The van der Waals surface area contributed by atoms with Gasteiger partial charge in [-0.3, -0.25) is 14.4 Å². The van der Waals surface area contributed by atoms with Crippen molar-refractivity contribution in [2.24, 2.45) is 5.92 Å². The van der Waals surface area contributed by atoms with Crippen LogP contribution in [0.2, 0.25) is 0 Å². The highest BCUT2D eigenvalue weighted by molar-refractivity contribution is 8.02. The highest BCUT2D eigenvalue weighted by Crippen LogP contribution is 2.40. The summed E-state index contributed by atoms with van der Waals surface area (Å²) in [5, 5.41) is 5.16. The van der Waals surface area contributed by atoms with Gasteiger partial charge in [-0.25, -0.2) is 9.59 Å². The molecule has 1 aliphatic carbocycles. The molecule has 2 amide bonds. The first-order valence-corrected chi connectivity index (χ1v) is 12.9. The summed E-state index contributed by atoms with van der Waals surface area (Å²) in [5.74, 6) is -2.28. The minimum absolute atomic E-state index is 0.0927. The Bertz CT molecular complexity index is 1020. The standard InChI is InChI=1S/C26H36N2O7S/c1-15(2)20(23(32)34-7)28-22(31)19(27-24(33)35-25(4,5)6)14-36-26(16(3)29)13-12-17-10-8-9-11-18(17)21(26)30/h8-11,15,19-20H,12-14H2,1-7H3,(H,27,33)(H,28,31)/t19-,20-,26?/m0/s1. The molecule has 0 aliphatic heterocycles. The van der Waals surface area contributed by atoms with E-state index < -0.39 is 40.4 Å². The predicted molar refractivity (Wildman–Crippen MR) is 137 cm³/mol. The number of Topliss-reactive ketones (excluding diaryl/α,β-unsaturated/α-hetero) is 2. The number of rotatable bonds is 9. The molecule has 2 rings (SSSR count). The van der Waals surface area contributed by atoms with Crippen molar-refractivity contribution in [2.45, 2.75) is 76.8 Å². The minimum Gasteiger partial charge on any atom is -0.467 e. The van der Waals surface area contributed by atoms with Crippen LogP contribution in [0, 0.1) is 5.92 Å². The van der Waals surface area contributed by atoms with Crippen LogP contribution in [0.1, 0.15) is 63.9 Å². The number of benzene rings is 1. The zero-order valence-corrected chi connectivity index (χ0v) is 22.7. The average molecular weight is 521 g/mol. The van der Waals surface area contributed by atoms with Gasteiger partial charge in [0.15, 0.2) is 11.6 Å². The zero-order chi connectivity index (χ0) is 27.3. The number of fused-ring (bicyclic) bond motifs is 1. The Labute approximate surface area is 216 Å². The molecular weight excluding hydrogens is 484 g/mol. The van der Waals surface area contributed by atoms with Crippen molar-refractivity contribution in [1.29, 1.82) is 0 Å². The van der Waals surface area contributed by atoms with E-state index in [1.807, 2.05) is 12.1 Å². The molecule has 10 heteroatoms. The average Bonchev–Trinajstić information content (AvgIpc) is 2.79. The number of esters is 1. The summed E-state index contributed by atoms with van der Waals surface area (Å²) in [5.41, 5.74) is 0.547. The van der Waals surface area contributed by atoms with Crippen LogP contribution in [0.25, 0.3) is 0 Å². The van der Waals surface area contributed by atoms with Gasteiger partial charge in [-0.1, -0.05) is 38.1 Å². The number of methoxy groups -OCH3 is 1. The highest BCUT2D eigenvalue weighted by atomic mass is 32.2. The summed E-state index contributed by atoms with van der Waals surface area (Å²) >= 11 is 1.02. The van der Waals surface area contributed by atoms with Crippen LogP contribution in [-0.4, -0.2) is 64.8 Å². The largest absolute Gasteiger partial charge is 0.467 e.